The van der Waals surface area contributed by atoms with Crippen molar-refractivity contribution in [1.29, 1.82) is 0 Å². The molecule has 0 saturated heterocycles. The van der Waals surface area contributed by atoms with E-state index in [0.717, 1.165) is 11.4 Å². The van der Waals surface area contributed by atoms with Gasteiger partial charge in [-0.2, -0.15) is 0 Å². The summed E-state index contributed by atoms with van der Waals surface area (Å²) in [5.74, 6) is -0.197. The highest BCUT2D eigenvalue weighted by atomic mass is 32.1. The molecule has 0 saturated carbocycles. The van der Waals surface area contributed by atoms with Crippen LogP contribution in [0.15, 0.2) is 17.5 Å². The fourth-order valence-corrected chi connectivity index (χ4v) is 1.97. The number of thiophene rings is 1. The van der Waals surface area contributed by atoms with Gasteiger partial charge in [0.15, 0.2) is 0 Å². The Labute approximate surface area is 88.1 Å². The zero-order valence-electron chi connectivity index (χ0n) is 8.45. The molecule has 1 unspecified atom stereocenters. The second-order valence-electron chi connectivity index (χ2n) is 2.76. The minimum atomic E-state index is -0.306. The van der Waals surface area contributed by atoms with Gasteiger partial charge in [-0.15, -0.1) is 11.3 Å². The summed E-state index contributed by atoms with van der Waals surface area (Å²) in [4.78, 5) is 12.6. The van der Waals surface area contributed by atoms with Crippen LogP contribution in [0, 0.1) is 0 Å². The summed E-state index contributed by atoms with van der Waals surface area (Å²) in [6.45, 7) is 4.96. The van der Waals surface area contributed by atoms with Gasteiger partial charge in [-0.05, 0) is 24.9 Å². The fourth-order valence-electron chi connectivity index (χ4n) is 1.19. The molecule has 1 aromatic rings. The molecule has 0 spiro atoms. The molecule has 0 fully saturated rings. The van der Waals surface area contributed by atoms with E-state index in [4.69, 9.17) is 4.74 Å². The van der Waals surface area contributed by atoms with E-state index >= 15 is 0 Å². The molecular weight excluding hydrogens is 198 g/mol. The number of likely N-dealkylation sites (N-methyl/N-ethyl adjacent to an activating group) is 1. The van der Waals surface area contributed by atoms with Crippen molar-refractivity contribution >= 4 is 17.3 Å². The molecular formula is C10H15NO2S. The Bertz CT molecular complexity index is 272. The van der Waals surface area contributed by atoms with Crippen LogP contribution in [0.3, 0.4) is 0 Å². The molecule has 0 bridgehead atoms. The molecule has 78 valence electrons. The number of hydrogen-bond donors (Lipinski definition) is 1. The minimum absolute atomic E-state index is 0.197. The lowest BCUT2D eigenvalue weighted by molar-refractivity contribution is -0.145. The summed E-state index contributed by atoms with van der Waals surface area (Å²) in [7, 11) is 0. The fraction of sp³-hybridized carbons (Fsp3) is 0.500. The van der Waals surface area contributed by atoms with Crippen LogP contribution in [-0.4, -0.2) is 19.1 Å². The van der Waals surface area contributed by atoms with Crippen LogP contribution >= 0.6 is 11.3 Å². The normalized spacial score (nSPS) is 12.4. The summed E-state index contributed by atoms with van der Waals surface area (Å²) in [5.41, 5.74) is 0. The van der Waals surface area contributed by atoms with Crippen LogP contribution < -0.4 is 5.32 Å². The number of carbonyl (C=O) groups excluding carboxylic acids is 1. The molecule has 0 aliphatic heterocycles. The first-order valence-electron chi connectivity index (χ1n) is 4.73. The van der Waals surface area contributed by atoms with Gasteiger partial charge in [0, 0.05) is 4.88 Å². The Morgan fingerprint density at radius 2 is 2.43 bits per heavy atom. The first-order valence-corrected chi connectivity index (χ1v) is 5.61. The van der Waals surface area contributed by atoms with Crippen molar-refractivity contribution in [3.05, 3.63) is 22.4 Å². The van der Waals surface area contributed by atoms with E-state index in [1.165, 1.54) is 0 Å². The number of ether oxygens (including phenoxy) is 1. The van der Waals surface area contributed by atoms with Crippen LogP contribution in [0.25, 0.3) is 0 Å². The lowest BCUT2D eigenvalue weighted by Crippen LogP contribution is -2.29. The van der Waals surface area contributed by atoms with Crippen LogP contribution in [-0.2, 0) is 9.53 Å². The lowest BCUT2D eigenvalue weighted by atomic mass is 10.2. The molecule has 0 radical (unpaired) electrons. The number of carbonyl (C=O) groups is 1. The van der Waals surface area contributed by atoms with Gasteiger partial charge in [0.2, 0.25) is 0 Å². The zero-order chi connectivity index (χ0) is 10.4. The summed E-state index contributed by atoms with van der Waals surface area (Å²) >= 11 is 1.56. The van der Waals surface area contributed by atoms with Gasteiger partial charge >= 0.3 is 5.97 Å². The van der Waals surface area contributed by atoms with Crippen molar-refractivity contribution in [1.82, 2.24) is 5.32 Å². The van der Waals surface area contributed by atoms with Crippen LogP contribution in [0.2, 0.25) is 0 Å². The Balaban J connectivity index is 2.69. The first kappa shape index (κ1) is 11.2. The molecule has 1 N–H and O–H groups in total. The van der Waals surface area contributed by atoms with Gasteiger partial charge in [-0.1, -0.05) is 13.0 Å². The zero-order valence-corrected chi connectivity index (χ0v) is 9.26. The predicted octanol–water partition coefficient (Wildman–Crippen LogP) is 1.96. The molecule has 0 aromatic carbocycles. The standard InChI is InChI=1S/C10H15NO2S/c1-3-11-9(10(12)13-4-2)8-6-5-7-14-8/h5-7,9,11H,3-4H2,1-2H3. The van der Waals surface area contributed by atoms with Crippen molar-refractivity contribution < 1.29 is 9.53 Å². The van der Waals surface area contributed by atoms with Gasteiger partial charge in [0.25, 0.3) is 0 Å². The highest BCUT2D eigenvalue weighted by molar-refractivity contribution is 7.10. The second kappa shape index (κ2) is 5.78. The molecule has 1 atom stereocenters. The highest BCUT2D eigenvalue weighted by Crippen LogP contribution is 2.19. The summed E-state index contributed by atoms with van der Waals surface area (Å²) in [6.07, 6.45) is 0. The van der Waals surface area contributed by atoms with E-state index in [-0.39, 0.29) is 12.0 Å². The first-order chi connectivity index (χ1) is 6.79. The maximum atomic E-state index is 11.6. The van der Waals surface area contributed by atoms with E-state index in [1.54, 1.807) is 11.3 Å². The van der Waals surface area contributed by atoms with E-state index < -0.39 is 0 Å². The maximum absolute atomic E-state index is 11.6. The van der Waals surface area contributed by atoms with Crippen LogP contribution in [0.5, 0.6) is 0 Å². The molecule has 1 heterocycles. The van der Waals surface area contributed by atoms with Crippen molar-refractivity contribution in [2.24, 2.45) is 0 Å². The van der Waals surface area contributed by atoms with Crippen LogP contribution in [0.4, 0.5) is 0 Å². The Hall–Kier alpha value is -0.870. The van der Waals surface area contributed by atoms with Crippen molar-refractivity contribution in [2.75, 3.05) is 13.2 Å². The Kier molecular flexibility index (Phi) is 4.62. The Morgan fingerprint density at radius 3 is 2.93 bits per heavy atom. The second-order valence-corrected chi connectivity index (χ2v) is 3.74. The third kappa shape index (κ3) is 2.82. The minimum Gasteiger partial charge on any atom is -0.465 e. The maximum Gasteiger partial charge on any atom is 0.328 e. The molecule has 4 heteroatoms. The lowest BCUT2D eigenvalue weighted by Gasteiger charge is -2.14. The molecule has 0 amide bonds. The monoisotopic (exact) mass is 213 g/mol. The summed E-state index contributed by atoms with van der Waals surface area (Å²) in [6, 6.07) is 3.57. The molecule has 1 aromatic heterocycles. The van der Waals surface area contributed by atoms with E-state index in [9.17, 15) is 4.79 Å². The number of hydrogen-bond acceptors (Lipinski definition) is 4. The van der Waals surface area contributed by atoms with Gasteiger partial charge in [-0.3, -0.25) is 0 Å². The number of esters is 1. The average molecular weight is 213 g/mol. The van der Waals surface area contributed by atoms with Gasteiger partial charge in [0.1, 0.15) is 6.04 Å². The average Bonchev–Trinajstić information content (AvgIpc) is 2.67. The van der Waals surface area contributed by atoms with E-state index in [0.29, 0.717) is 6.61 Å². The molecule has 0 aliphatic rings. The third-order valence-electron chi connectivity index (χ3n) is 1.76. The molecule has 14 heavy (non-hydrogen) atoms. The molecule has 0 aliphatic carbocycles. The summed E-state index contributed by atoms with van der Waals surface area (Å²) < 4.78 is 4.99. The molecule has 3 nitrogen and oxygen atoms in total. The largest absolute Gasteiger partial charge is 0.465 e. The van der Waals surface area contributed by atoms with Crippen molar-refractivity contribution in [3.8, 4) is 0 Å². The highest BCUT2D eigenvalue weighted by Gasteiger charge is 2.21. The van der Waals surface area contributed by atoms with Gasteiger partial charge in [-0.25, -0.2) is 4.79 Å². The van der Waals surface area contributed by atoms with Gasteiger partial charge < -0.3 is 10.1 Å². The number of rotatable bonds is 5. The predicted molar refractivity (Wildman–Crippen MR) is 57.4 cm³/mol. The smallest absolute Gasteiger partial charge is 0.328 e. The van der Waals surface area contributed by atoms with E-state index in [1.807, 2.05) is 31.4 Å². The molecule has 1 rings (SSSR count). The summed E-state index contributed by atoms with van der Waals surface area (Å²) in [5, 5.41) is 5.06. The van der Waals surface area contributed by atoms with Crippen molar-refractivity contribution in [2.45, 2.75) is 19.9 Å². The van der Waals surface area contributed by atoms with Gasteiger partial charge in [0.05, 0.1) is 6.61 Å². The topological polar surface area (TPSA) is 38.3 Å². The SMILES string of the molecule is CCNC(C(=O)OCC)c1cccs1. The number of nitrogens with one attached hydrogen (secondary N) is 1. The Morgan fingerprint density at radius 1 is 1.64 bits per heavy atom. The third-order valence-corrected chi connectivity index (χ3v) is 2.70. The van der Waals surface area contributed by atoms with Crippen molar-refractivity contribution in [3.63, 3.8) is 0 Å². The van der Waals surface area contributed by atoms with Crippen LogP contribution in [0.1, 0.15) is 24.8 Å². The van der Waals surface area contributed by atoms with E-state index in [2.05, 4.69) is 5.32 Å². The quantitative estimate of drug-likeness (QED) is 0.760.